The van der Waals surface area contributed by atoms with E-state index in [1.54, 1.807) is 0 Å². The molecule has 5 rings (SSSR count). The molecule has 2 saturated heterocycles. The molecule has 6 heteroatoms. The maximum absolute atomic E-state index is 6.04. The molecule has 0 saturated carbocycles. The van der Waals surface area contributed by atoms with Gasteiger partial charge in [0.1, 0.15) is 5.75 Å². The van der Waals surface area contributed by atoms with Crippen molar-refractivity contribution < 1.29 is 9.47 Å². The summed E-state index contributed by atoms with van der Waals surface area (Å²) < 4.78 is 11.4. The molecule has 2 fully saturated rings. The van der Waals surface area contributed by atoms with Crippen LogP contribution in [0.4, 0.5) is 5.69 Å². The SMILES string of the molecule is CC1CC(NC2COC2)CC(Nc2cc3c(c(C4=CCNCCC4)c2)OCC3)N1. The third kappa shape index (κ3) is 4.45. The van der Waals surface area contributed by atoms with Crippen LogP contribution in [-0.2, 0) is 11.2 Å². The molecular formula is C23H34N4O2. The Morgan fingerprint density at radius 3 is 2.90 bits per heavy atom. The van der Waals surface area contributed by atoms with Crippen LogP contribution in [0.1, 0.15) is 43.7 Å². The lowest BCUT2D eigenvalue weighted by molar-refractivity contribution is -0.0130. The van der Waals surface area contributed by atoms with E-state index in [0.29, 0.717) is 18.1 Å². The molecule has 6 nitrogen and oxygen atoms in total. The molecule has 0 aromatic heterocycles. The van der Waals surface area contributed by atoms with Gasteiger partial charge in [-0.3, -0.25) is 5.32 Å². The van der Waals surface area contributed by atoms with Crippen molar-refractivity contribution in [3.63, 3.8) is 0 Å². The number of rotatable bonds is 5. The maximum Gasteiger partial charge on any atom is 0.130 e. The Balaban J connectivity index is 1.34. The van der Waals surface area contributed by atoms with Gasteiger partial charge in [-0.1, -0.05) is 6.08 Å². The minimum absolute atomic E-state index is 0.273. The van der Waals surface area contributed by atoms with Gasteiger partial charge in [0.2, 0.25) is 0 Å². The van der Waals surface area contributed by atoms with Crippen LogP contribution in [0.2, 0.25) is 0 Å². The molecule has 1 aromatic carbocycles. The molecule has 4 aliphatic rings. The molecule has 3 unspecified atom stereocenters. The third-order valence-corrected chi connectivity index (χ3v) is 6.52. The number of hydrogen-bond acceptors (Lipinski definition) is 6. The summed E-state index contributed by atoms with van der Waals surface area (Å²) in [4.78, 5) is 0. The Bertz CT molecular complexity index is 761. The van der Waals surface area contributed by atoms with E-state index in [2.05, 4.69) is 46.4 Å². The fourth-order valence-electron chi connectivity index (χ4n) is 5.07. The van der Waals surface area contributed by atoms with E-state index in [1.165, 1.54) is 28.8 Å². The maximum atomic E-state index is 6.04. The third-order valence-electron chi connectivity index (χ3n) is 6.52. The highest BCUT2D eigenvalue weighted by Crippen LogP contribution is 2.39. The van der Waals surface area contributed by atoms with Crippen molar-refractivity contribution in [1.82, 2.24) is 16.0 Å². The van der Waals surface area contributed by atoms with Crippen LogP contribution in [0.3, 0.4) is 0 Å². The summed E-state index contributed by atoms with van der Waals surface area (Å²) in [6.07, 6.45) is 8.15. The molecule has 4 N–H and O–H groups in total. The number of anilines is 1. The van der Waals surface area contributed by atoms with E-state index in [-0.39, 0.29) is 6.17 Å². The second kappa shape index (κ2) is 8.64. The molecule has 4 aliphatic heterocycles. The highest BCUT2D eigenvalue weighted by molar-refractivity contribution is 5.76. The normalized spacial score (nSPS) is 30.0. The van der Waals surface area contributed by atoms with Crippen molar-refractivity contribution in [3.05, 3.63) is 29.3 Å². The van der Waals surface area contributed by atoms with Gasteiger partial charge < -0.3 is 25.4 Å². The first kappa shape index (κ1) is 19.4. The van der Waals surface area contributed by atoms with E-state index in [4.69, 9.17) is 9.47 Å². The number of nitrogens with one attached hydrogen (secondary N) is 4. The first-order chi connectivity index (χ1) is 14.2. The lowest BCUT2D eigenvalue weighted by Crippen LogP contribution is -2.58. The lowest BCUT2D eigenvalue weighted by Gasteiger charge is -2.39. The monoisotopic (exact) mass is 398 g/mol. The van der Waals surface area contributed by atoms with Gasteiger partial charge >= 0.3 is 0 Å². The fraction of sp³-hybridized carbons (Fsp3) is 0.652. The van der Waals surface area contributed by atoms with Crippen molar-refractivity contribution >= 4 is 11.3 Å². The largest absolute Gasteiger partial charge is 0.492 e. The van der Waals surface area contributed by atoms with Gasteiger partial charge in [-0.25, -0.2) is 0 Å². The summed E-state index contributed by atoms with van der Waals surface area (Å²) in [5, 5.41) is 14.8. The van der Waals surface area contributed by atoms with E-state index in [1.807, 2.05) is 0 Å². The topological polar surface area (TPSA) is 66.6 Å². The standard InChI is InChI=1S/C23H34N4O2/c1-15-9-18(26-20-13-28-14-20)12-22(25-15)27-19-10-17-5-8-29-23(17)21(11-19)16-3-2-6-24-7-4-16/h4,10-11,15,18,20,22,24-27H,2-3,5-9,12-14H2,1H3. The number of fused-ring (bicyclic) bond motifs is 1. The quantitative estimate of drug-likeness (QED) is 0.610. The number of ether oxygens (including phenoxy) is 2. The van der Waals surface area contributed by atoms with Crippen molar-refractivity contribution in [3.8, 4) is 5.75 Å². The van der Waals surface area contributed by atoms with Crippen molar-refractivity contribution in [2.45, 2.75) is 63.3 Å². The number of allylic oxidation sites excluding steroid dienone is 1. The van der Waals surface area contributed by atoms with Gasteiger partial charge in [0.25, 0.3) is 0 Å². The molecule has 0 spiro atoms. The summed E-state index contributed by atoms with van der Waals surface area (Å²) in [6.45, 7) is 6.83. The molecular weight excluding hydrogens is 364 g/mol. The van der Waals surface area contributed by atoms with Crippen LogP contribution >= 0.6 is 0 Å². The minimum Gasteiger partial charge on any atom is -0.492 e. The van der Waals surface area contributed by atoms with E-state index in [9.17, 15) is 0 Å². The van der Waals surface area contributed by atoms with Crippen LogP contribution in [0.5, 0.6) is 5.75 Å². The first-order valence-corrected chi connectivity index (χ1v) is 11.3. The summed E-state index contributed by atoms with van der Waals surface area (Å²) in [5.41, 5.74) is 5.26. The lowest BCUT2D eigenvalue weighted by atomic mass is 9.95. The fourth-order valence-corrected chi connectivity index (χ4v) is 5.07. The Morgan fingerprint density at radius 2 is 2.03 bits per heavy atom. The summed E-state index contributed by atoms with van der Waals surface area (Å²) in [7, 11) is 0. The van der Waals surface area contributed by atoms with Gasteiger partial charge in [0.05, 0.1) is 32.0 Å². The molecule has 4 heterocycles. The van der Waals surface area contributed by atoms with Gasteiger partial charge in [-0.05, 0) is 56.9 Å². The molecule has 3 atom stereocenters. The molecule has 158 valence electrons. The highest BCUT2D eigenvalue weighted by Gasteiger charge is 2.30. The van der Waals surface area contributed by atoms with Crippen molar-refractivity contribution in [2.24, 2.45) is 0 Å². The molecule has 29 heavy (non-hydrogen) atoms. The predicted molar refractivity (Wildman–Crippen MR) is 116 cm³/mol. The zero-order chi connectivity index (χ0) is 19.6. The van der Waals surface area contributed by atoms with E-state index >= 15 is 0 Å². The van der Waals surface area contributed by atoms with E-state index < -0.39 is 0 Å². The average molecular weight is 399 g/mol. The molecule has 0 bridgehead atoms. The van der Waals surface area contributed by atoms with Crippen molar-refractivity contribution in [2.75, 3.05) is 38.2 Å². The average Bonchev–Trinajstić information content (AvgIpc) is 2.97. The number of piperidine rings is 1. The second-order valence-electron chi connectivity index (χ2n) is 8.98. The Kier molecular flexibility index (Phi) is 5.77. The van der Waals surface area contributed by atoms with Crippen molar-refractivity contribution in [1.29, 1.82) is 0 Å². The highest BCUT2D eigenvalue weighted by atomic mass is 16.5. The first-order valence-electron chi connectivity index (χ1n) is 11.3. The van der Waals surface area contributed by atoms with E-state index in [0.717, 1.165) is 64.3 Å². The molecule has 0 radical (unpaired) electrons. The predicted octanol–water partition coefficient (Wildman–Crippen LogP) is 2.26. The Morgan fingerprint density at radius 1 is 1.10 bits per heavy atom. The van der Waals surface area contributed by atoms with Crippen LogP contribution in [0, 0.1) is 0 Å². The summed E-state index contributed by atoms with van der Waals surface area (Å²) in [5.74, 6) is 1.11. The Hall–Kier alpha value is -1.60. The van der Waals surface area contributed by atoms with Gasteiger partial charge in [-0.2, -0.15) is 0 Å². The summed E-state index contributed by atoms with van der Waals surface area (Å²) >= 11 is 0. The van der Waals surface area contributed by atoms with Gasteiger partial charge in [0.15, 0.2) is 0 Å². The molecule has 0 aliphatic carbocycles. The van der Waals surface area contributed by atoms with Crippen LogP contribution in [-0.4, -0.2) is 57.2 Å². The Labute approximate surface area is 173 Å². The number of benzene rings is 1. The van der Waals surface area contributed by atoms with Crippen LogP contribution in [0.25, 0.3) is 5.57 Å². The molecule has 0 amide bonds. The number of hydrogen-bond donors (Lipinski definition) is 4. The van der Waals surface area contributed by atoms with Gasteiger partial charge in [-0.15, -0.1) is 0 Å². The zero-order valence-electron chi connectivity index (χ0n) is 17.4. The second-order valence-corrected chi connectivity index (χ2v) is 8.98. The molecule has 1 aromatic rings. The van der Waals surface area contributed by atoms with Crippen LogP contribution < -0.4 is 26.0 Å². The minimum atomic E-state index is 0.273. The van der Waals surface area contributed by atoms with Crippen LogP contribution in [0.15, 0.2) is 18.2 Å². The van der Waals surface area contributed by atoms with Gasteiger partial charge in [0, 0.05) is 41.9 Å². The smallest absolute Gasteiger partial charge is 0.130 e. The summed E-state index contributed by atoms with van der Waals surface area (Å²) in [6, 6.07) is 6.17. The zero-order valence-corrected chi connectivity index (χ0v) is 17.4.